The van der Waals surface area contributed by atoms with Crippen LogP contribution in [0.25, 0.3) is 0 Å². The fourth-order valence-corrected chi connectivity index (χ4v) is 2.05. The van der Waals surface area contributed by atoms with Gasteiger partial charge in [-0.2, -0.15) is 0 Å². The number of aromatic nitrogens is 1. The van der Waals surface area contributed by atoms with Crippen molar-refractivity contribution in [3.05, 3.63) is 53.1 Å². The van der Waals surface area contributed by atoms with Crippen molar-refractivity contribution >= 4 is 28.9 Å². The van der Waals surface area contributed by atoms with Crippen LogP contribution in [0.5, 0.6) is 0 Å². The molecule has 1 N–H and O–H groups in total. The first-order valence-corrected chi connectivity index (χ1v) is 6.24. The molecule has 0 aliphatic rings. The van der Waals surface area contributed by atoms with E-state index in [2.05, 4.69) is 10.3 Å². The molecule has 20 heavy (non-hydrogen) atoms. The van der Waals surface area contributed by atoms with Crippen molar-refractivity contribution in [1.29, 1.82) is 0 Å². The number of rotatable bonds is 3. The summed E-state index contributed by atoms with van der Waals surface area (Å²) in [6.07, 6.45) is 2.36. The fraction of sp³-hybridized carbons (Fsp3) is 0.143. The van der Waals surface area contributed by atoms with Crippen LogP contribution >= 0.6 is 11.6 Å². The minimum absolute atomic E-state index is 0.0622. The van der Waals surface area contributed by atoms with E-state index in [0.717, 1.165) is 11.9 Å². The minimum Gasteiger partial charge on any atom is -0.376 e. The number of benzene rings is 1. The Bertz CT molecular complexity index is 646. The molecular weight excluding hydrogens is 281 g/mol. The van der Waals surface area contributed by atoms with E-state index in [1.807, 2.05) is 19.0 Å². The zero-order valence-corrected chi connectivity index (χ0v) is 11.8. The number of pyridine rings is 1. The SMILES string of the molecule is CN(C)c1ccc(NC(=O)c2ccncc2F)cc1Cl. The van der Waals surface area contributed by atoms with Gasteiger partial charge in [0.2, 0.25) is 0 Å². The van der Waals surface area contributed by atoms with Gasteiger partial charge in [0.15, 0.2) is 5.82 Å². The smallest absolute Gasteiger partial charge is 0.258 e. The second-order valence-corrected chi connectivity index (χ2v) is 4.78. The Morgan fingerprint density at radius 3 is 2.70 bits per heavy atom. The van der Waals surface area contributed by atoms with Gasteiger partial charge >= 0.3 is 0 Å². The minimum atomic E-state index is -0.666. The molecule has 2 aromatic rings. The highest BCUT2D eigenvalue weighted by atomic mass is 35.5. The Morgan fingerprint density at radius 1 is 1.35 bits per heavy atom. The Balaban J connectivity index is 2.21. The first-order chi connectivity index (χ1) is 9.49. The van der Waals surface area contributed by atoms with Crippen molar-refractivity contribution in [2.24, 2.45) is 0 Å². The van der Waals surface area contributed by atoms with E-state index in [-0.39, 0.29) is 5.56 Å². The average molecular weight is 294 g/mol. The Hall–Kier alpha value is -2.14. The molecule has 0 radical (unpaired) electrons. The number of hydrogen-bond acceptors (Lipinski definition) is 3. The fourth-order valence-electron chi connectivity index (χ4n) is 1.71. The lowest BCUT2D eigenvalue weighted by molar-refractivity contribution is 0.102. The zero-order chi connectivity index (χ0) is 14.7. The summed E-state index contributed by atoms with van der Waals surface area (Å²) in [6, 6.07) is 6.42. The lowest BCUT2D eigenvalue weighted by Crippen LogP contribution is -2.14. The van der Waals surface area contributed by atoms with Gasteiger partial charge in [0, 0.05) is 26.0 Å². The lowest BCUT2D eigenvalue weighted by atomic mass is 10.2. The van der Waals surface area contributed by atoms with Gasteiger partial charge in [-0.25, -0.2) is 4.39 Å². The Labute approximate surface area is 121 Å². The summed E-state index contributed by atoms with van der Waals surface area (Å²) < 4.78 is 13.4. The summed E-state index contributed by atoms with van der Waals surface area (Å²) in [6.45, 7) is 0. The number of carbonyl (C=O) groups excluding carboxylic acids is 1. The van der Waals surface area contributed by atoms with Gasteiger partial charge in [0.25, 0.3) is 5.91 Å². The highest BCUT2D eigenvalue weighted by Gasteiger charge is 2.12. The van der Waals surface area contributed by atoms with Gasteiger partial charge in [-0.15, -0.1) is 0 Å². The number of carbonyl (C=O) groups is 1. The molecule has 0 spiro atoms. The van der Waals surface area contributed by atoms with E-state index in [1.54, 1.807) is 18.2 Å². The number of nitrogens with one attached hydrogen (secondary N) is 1. The van der Waals surface area contributed by atoms with E-state index < -0.39 is 11.7 Å². The largest absolute Gasteiger partial charge is 0.376 e. The summed E-state index contributed by atoms with van der Waals surface area (Å²) in [5.41, 5.74) is 1.27. The van der Waals surface area contributed by atoms with Crippen LogP contribution in [0.2, 0.25) is 5.02 Å². The zero-order valence-electron chi connectivity index (χ0n) is 11.0. The molecule has 2 rings (SSSR count). The molecule has 104 valence electrons. The van der Waals surface area contributed by atoms with Crippen LogP contribution in [0.4, 0.5) is 15.8 Å². The van der Waals surface area contributed by atoms with Crippen LogP contribution in [0.3, 0.4) is 0 Å². The highest BCUT2D eigenvalue weighted by molar-refractivity contribution is 6.33. The molecule has 1 aromatic carbocycles. The van der Waals surface area contributed by atoms with Crippen LogP contribution in [0.1, 0.15) is 10.4 Å². The van der Waals surface area contributed by atoms with Crippen LogP contribution in [-0.4, -0.2) is 25.0 Å². The van der Waals surface area contributed by atoms with Crippen molar-refractivity contribution < 1.29 is 9.18 Å². The van der Waals surface area contributed by atoms with Gasteiger partial charge in [0.05, 0.1) is 22.5 Å². The monoisotopic (exact) mass is 293 g/mol. The van der Waals surface area contributed by atoms with Gasteiger partial charge < -0.3 is 10.2 Å². The first kappa shape index (κ1) is 14.3. The molecule has 0 atom stereocenters. The Kier molecular flexibility index (Phi) is 4.20. The normalized spacial score (nSPS) is 10.2. The van der Waals surface area contributed by atoms with Gasteiger partial charge in [-0.3, -0.25) is 9.78 Å². The van der Waals surface area contributed by atoms with E-state index in [9.17, 15) is 9.18 Å². The van der Waals surface area contributed by atoms with E-state index >= 15 is 0 Å². The lowest BCUT2D eigenvalue weighted by Gasteiger charge is -2.15. The molecule has 4 nitrogen and oxygen atoms in total. The molecule has 0 bridgehead atoms. The van der Waals surface area contributed by atoms with Crippen molar-refractivity contribution in [2.45, 2.75) is 0 Å². The first-order valence-electron chi connectivity index (χ1n) is 5.87. The molecule has 0 fully saturated rings. The topological polar surface area (TPSA) is 45.2 Å². The van der Waals surface area contributed by atoms with Crippen LogP contribution < -0.4 is 10.2 Å². The molecule has 6 heteroatoms. The average Bonchev–Trinajstić information content (AvgIpc) is 2.38. The quantitative estimate of drug-likeness (QED) is 0.945. The predicted molar refractivity (Wildman–Crippen MR) is 77.9 cm³/mol. The summed E-state index contributed by atoms with van der Waals surface area (Å²) in [4.78, 5) is 17.4. The number of nitrogens with zero attached hydrogens (tertiary/aromatic N) is 2. The molecule has 1 aromatic heterocycles. The van der Waals surface area contributed by atoms with E-state index in [1.165, 1.54) is 12.3 Å². The highest BCUT2D eigenvalue weighted by Crippen LogP contribution is 2.27. The number of amides is 1. The molecule has 0 unspecified atom stereocenters. The number of hydrogen-bond donors (Lipinski definition) is 1. The second-order valence-electron chi connectivity index (χ2n) is 4.37. The molecular formula is C14H13ClFN3O. The maximum atomic E-state index is 13.4. The molecule has 1 heterocycles. The number of halogens is 2. The molecule has 0 saturated carbocycles. The van der Waals surface area contributed by atoms with Crippen molar-refractivity contribution in [3.8, 4) is 0 Å². The summed E-state index contributed by atoms with van der Waals surface area (Å²) in [5, 5.41) is 3.10. The predicted octanol–water partition coefficient (Wildman–Crippen LogP) is 3.19. The third kappa shape index (κ3) is 3.05. The summed E-state index contributed by atoms with van der Waals surface area (Å²) in [7, 11) is 3.73. The molecule has 0 saturated heterocycles. The van der Waals surface area contributed by atoms with Crippen LogP contribution in [-0.2, 0) is 0 Å². The van der Waals surface area contributed by atoms with Crippen molar-refractivity contribution in [3.63, 3.8) is 0 Å². The molecule has 0 aliphatic heterocycles. The van der Waals surface area contributed by atoms with Gasteiger partial charge in [-0.1, -0.05) is 11.6 Å². The van der Waals surface area contributed by atoms with E-state index in [4.69, 9.17) is 11.6 Å². The number of anilines is 2. The van der Waals surface area contributed by atoms with E-state index in [0.29, 0.717) is 10.7 Å². The van der Waals surface area contributed by atoms with Crippen LogP contribution in [0, 0.1) is 5.82 Å². The van der Waals surface area contributed by atoms with Gasteiger partial charge in [-0.05, 0) is 24.3 Å². The molecule has 1 amide bonds. The summed E-state index contributed by atoms with van der Waals surface area (Å²) in [5.74, 6) is -1.21. The third-order valence-electron chi connectivity index (χ3n) is 2.70. The van der Waals surface area contributed by atoms with Crippen LogP contribution in [0.15, 0.2) is 36.7 Å². The third-order valence-corrected chi connectivity index (χ3v) is 3.01. The second kappa shape index (κ2) is 5.88. The van der Waals surface area contributed by atoms with Crippen molar-refractivity contribution in [2.75, 3.05) is 24.3 Å². The maximum Gasteiger partial charge on any atom is 0.258 e. The maximum absolute atomic E-state index is 13.4. The standard InChI is InChI=1S/C14H13ClFN3O/c1-19(2)13-4-3-9(7-11(13)15)18-14(20)10-5-6-17-8-12(10)16/h3-8H,1-2H3,(H,18,20). The van der Waals surface area contributed by atoms with Crippen molar-refractivity contribution in [1.82, 2.24) is 4.98 Å². The Morgan fingerprint density at radius 2 is 2.10 bits per heavy atom. The van der Waals surface area contributed by atoms with Gasteiger partial charge in [0.1, 0.15) is 0 Å². The summed E-state index contributed by atoms with van der Waals surface area (Å²) >= 11 is 6.11. The molecule has 0 aliphatic carbocycles.